The van der Waals surface area contributed by atoms with Crippen molar-refractivity contribution in [3.8, 4) is 0 Å². The van der Waals surface area contributed by atoms with Crippen LogP contribution in [0.5, 0.6) is 0 Å². The Morgan fingerprint density at radius 1 is 0.454 bits per heavy atom. The number of fused-ring (bicyclic) bond motifs is 4. The summed E-state index contributed by atoms with van der Waals surface area (Å²) in [6, 6.07) is 0. The molecule has 5 aliphatic carbocycles. The molecule has 1 spiro atoms. The van der Waals surface area contributed by atoms with Gasteiger partial charge in [-0.25, -0.2) is 0 Å². The van der Waals surface area contributed by atoms with Crippen molar-refractivity contribution in [2.45, 2.75) is 343 Å². The quantitative estimate of drug-likeness (QED) is 0.0383. The summed E-state index contributed by atoms with van der Waals surface area (Å²) >= 11 is 0. The second-order valence-corrected chi connectivity index (χ2v) is 32.4. The highest BCUT2D eigenvalue weighted by molar-refractivity contribution is 5.59. The average Bonchev–Trinajstić information content (AvgIpc) is 1.63. The van der Waals surface area contributed by atoms with Crippen LogP contribution >= 0.6 is 0 Å². The average molecular weight is 1390 g/mol. The van der Waals surface area contributed by atoms with Gasteiger partial charge in [-0.2, -0.15) is 0 Å². The van der Waals surface area contributed by atoms with Gasteiger partial charge in [0.25, 0.3) is 0 Å². The Kier molecular flexibility index (Phi) is 25.3. The lowest BCUT2D eigenvalue weighted by molar-refractivity contribution is -0.411. The van der Waals surface area contributed by atoms with Gasteiger partial charge < -0.3 is 133 Å². The molecular formula is C70H120O27. The first-order valence-electron chi connectivity index (χ1n) is 36.5. The third-order valence-electron chi connectivity index (χ3n) is 26.5. The zero-order chi connectivity index (χ0) is 70.5. The van der Waals surface area contributed by atoms with E-state index in [0.717, 1.165) is 38.4 Å². The van der Waals surface area contributed by atoms with Crippen molar-refractivity contribution in [1.29, 1.82) is 0 Å². The van der Waals surface area contributed by atoms with Crippen molar-refractivity contribution in [2.75, 3.05) is 39.6 Å². The van der Waals surface area contributed by atoms with E-state index in [-0.39, 0.29) is 28.6 Å². The fourth-order valence-corrected chi connectivity index (χ4v) is 20.4. The lowest BCUT2D eigenvalue weighted by Gasteiger charge is -2.75. The lowest BCUT2D eigenvalue weighted by atomic mass is 9.30. The van der Waals surface area contributed by atoms with Gasteiger partial charge in [0.1, 0.15) is 116 Å². The Balaban J connectivity index is 0.000000775. The number of aldehydes is 1. The second kappa shape index (κ2) is 31.4. The van der Waals surface area contributed by atoms with Crippen LogP contribution in [0, 0.1) is 50.2 Å². The van der Waals surface area contributed by atoms with Crippen LogP contribution in [0.15, 0.2) is 0 Å². The molecule has 11 rings (SSSR count). The molecule has 2 bridgehead atoms. The SMILES string of the molecule is CC1(C=O)CCC23COC4(CCC5C6(C)CCC(OC7OCC(OC8OCC(O)C(O)C8O)C(OC8OC(CO)C(O)C(O)C8O)C7OC7OC(CO)C(O)C(O)C7OC7OC(CO)C(O)C(O)C7O)C(C)(C)C6CCC5(C)C4(C)CC2O)C3C1.CCCCCCCCCCCC. The smallest absolute Gasteiger partial charge is 0.187 e. The number of rotatable bonds is 23. The first-order chi connectivity index (χ1) is 45.9. The largest absolute Gasteiger partial charge is 0.394 e. The maximum Gasteiger partial charge on any atom is 0.187 e. The summed E-state index contributed by atoms with van der Waals surface area (Å²) in [5.41, 5.74) is -3.16. The molecule has 97 heavy (non-hydrogen) atoms. The molecule has 6 heterocycles. The fourth-order valence-electron chi connectivity index (χ4n) is 20.4. The van der Waals surface area contributed by atoms with Gasteiger partial charge in [0, 0.05) is 16.2 Å². The van der Waals surface area contributed by atoms with Crippen LogP contribution in [-0.2, 0) is 56.9 Å². The van der Waals surface area contributed by atoms with E-state index in [9.17, 15) is 81.4 Å². The number of carbonyl (C=O) groups excluding carboxylic acids is 1. The minimum Gasteiger partial charge on any atom is -0.394 e. The Bertz CT molecular complexity index is 2510. The van der Waals surface area contributed by atoms with Gasteiger partial charge in [-0.05, 0) is 98.2 Å². The van der Waals surface area contributed by atoms with E-state index in [2.05, 4.69) is 48.5 Å². The van der Waals surface area contributed by atoms with E-state index in [4.69, 9.17) is 52.1 Å². The number of hydrogen-bond donors (Lipinski definition) is 15. The van der Waals surface area contributed by atoms with Gasteiger partial charge >= 0.3 is 0 Å². The zero-order valence-corrected chi connectivity index (χ0v) is 58.2. The fraction of sp³-hybridized carbons (Fsp3) is 0.986. The van der Waals surface area contributed by atoms with Crippen molar-refractivity contribution >= 4 is 6.29 Å². The third kappa shape index (κ3) is 14.3. The molecular weight excluding hydrogens is 1270 g/mol. The van der Waals surface area contributed by atoms with Gasteiger partial charge in [0.05, 0.1) is 57.5 Å². The van der Waals surface area contributed by atoms with Gasteiger partial charge in [-0.3, -0.25) is 0 Å². The molecule has 27 heteroatoms. The molecule has 0 radical (unpaired) electrons. The van der Waals surface area contributed by atoms with Crippen LogP contribution < -0.4 is 0 Å². The Hall–Kier alpha value is -1.37. The van der Waals surface area contributed by atoms with Crippen LogP contribution in [0.25, 0.3) is 0 Å². The molecule has 6 aliphatic heterocycles. The first kappa shape index (κ1) is 78.2. The Labute approximate surface area is 570 Å². The van der Waals surface area contributed by atoms with E-state index in [0.29, 0.717) is 38.7 Å². The summed E-state index contributed by atoms with van der Waals surface area (Å²) in [6.07, 6.45) is -20.4. The first-order valence-corrected chi connectivity index (χ1v) is 36.5. The molecule has 34 atom stereocenters. The van der Waals surface area contributed by atoms with E-state index < -0.39 is 214 Å². The van der Waals surface area contributed by atoms with E-state index in [1.54, 1.807) is 0 Å². The molecule has 0 amide bonds. The van der Waals surface area contributed by atoms with Gasteiger partial charge in [-0.15, -0.1) is 0 Å². The van der Waals surface area contributed by atoms with Crippen molar-refractivity contribution in [1.82, 2.24) is 0 Å². The predicted molar refractivity (Wildman–Crippen MR) is 341 cm³/mol. The molecule has 5 saturated carbocycles. The zero-order valence-electron chi connectivity index (χ0n) is 58.2. The van der Waals surface area contributed by atoms with Gasteiger partial charge in [0.2, 0.25) is 0 Å². The number of ether oxygens (including phenoxy) is 11. The normalized spacial score (nSPS) is 51.8. The maximum atomic E-state index is 12.7. The van der Waals surface area contributed by atoms with Crippen molar-refractivity contribution < 1.29 is 133 Å². The second-order valence-electron chi connectivity index (χ2n) is 32.4. The molecule has 6 saturated heterocycles. The summed E-state index contributed by atoms with van der Waals surface area (Å²) in [7, 11) is 0. The van der Waals surface area contributed by atoms with Crippen LogP contribution in [-0.4, -0.2) is 282 Å². The number of aliphatic hydroxyl groups is 15. The van der Waals surface area contributed by atoms with Crippen LogP contribution in [0.3, 0.4) is 0 Å². The van der Waals surface area contributed by atoms with Crippen molar-refractivity contribution in [3.05, 3.63) is 0 Å². The molecule has 34 unspecified atom stereocenters. The summed E-state index contributed by atoms with van der Waals surface area (Å²) in [6.45, 7) is 14.7. The van der Waals surface area contributed by atoms with Crippen molar-refractivity contribution in [3.63, 3.8) is 0 Å². The molecule has 0 aromatic carbocycles. The summed E-state index contributed by atoms with van der Waals surface area (Å²) in [5, 5.41) is 165. The minimum atomic E-state index is -2.06. The third-order valence-corrected chi connectivity index (χ3v) is 26.5. The number of unbranched alkanes of at least 4 members (excludes halogenated alkanes) is 9. The molecule has 0 aromatic heterocycles. The highest BCUT2D eigenvalue weighted by Crippen LogP contribution is 2.80. The van der Waals surface area contributed by atoms with Crippen LogP contribution in [0.4, 0.5) is 0 Å². The van der Waals surface area contributed by atoms with Gasteiger partial charge in [0.15, 0.2) is 31.5 Å². The summed E-state index contributed by atoms with van der Waals surface area (Å²) in [5.74, 6) is 0.187. The Morgan fingerprint density at radius 2 is 0.969 bits per heavy atom. The van der Waals surface area contributed by atoms with Gasteiger partial charge in [-0.1, -0.05) is 120 Å². The van der Waals surface area contributed by atoms with E-state index >= 15 is 0 Å². The maximum absolute atomic E-state index is 12.7. The van der Waals surface area contributed by atoms with Crippen molar-refractivity contribution in [2.24, 2.45) is 50.2 Å². The number of hydrogen-bond acceptors (Lipinski definition) is 27. The highest BCUT2D eigenvalue weighted by Gasteiger charge is 2.80. The lowest BCUT2D eigenvalue weighted by Crippen LogP contribution is -2.74. The molecule has 11 fully saturated rings. The topological polar surface area (TPSA) is 422 Å². The monoisotopic (exact) mass is 1390 g/mol. The minimum absolute atomic E-state index is 0.00599. The highest BCUT2D eigenvalue weighted by atomic mass is 16.8. The standard InChI is InChI=1S/C58H94O27.C12H26/c1-52(2)29-7-11-55(5)30(8-12-58-31-15-53(3,22-62)13-14-57(31,23-77-58)32(64)16-56(55,58)6)54(29,4)10-9-33(52)82-50-46(85-51-45(40(71)37(68)27(19-61)80-51)84-49-43(74)39(70)36(67)26(18-60)79-49)44(83-48-42(73)38(69)35(66)25(17-59)78-48)28(21-76-50)81-47-41(72)34(65)24(63)20-75-47;1-3-5-7-9-11-12-10-8-6-4-2/h22,24-51,59-61,63-74H,7-21,23H2,1-6H3;3-12H2,1-2H3. The number of carbonyl (C=O) groups is 1. The van der Waals surface area contributed by atoms with E-state index in [1.165, 1.54) is 64.2 Å². The predicted octanol–water partition coefficient (Wildman–Crippen LogP) is 0.858. The van der Waals surface area contributed by atoms with E-state index in [1.807, 2.05) is 6.92 Å². The van der Waals surface area contributed by atoms with Crippen LogP contribution in [0.1, 0.15) is 184 Å². The molecule has 27 nitrogen and oxygen atoms in total. The number of aliphatic hydroxyl groups excluding tert-OH is 15. The summed E-state index contributed by atoms with van der Waals surface area (Å²) < 4.78 is 70.0. The molecule has 15 N–H and O–H groups in total. The molecule has 11 aliphatic rings. The molecule has 562 valence electrons. The summed E-state index contributed by atoms with van der Waals surface area (Å²) in [4.78, 5) is 12.7. The molecule has 0 aromatic rings. The Morgan fingerprint density at radius 3 is 1.54 bits per heavy atom. The van der Waals surface area contributed by atoms with Crippen LogP contribution in [0.2, 0.25) is 0 Å².